The Balaban J connectivity index is 3.84. The highest BCUT2D eigenvalue weighted by molar-refractivity contribution is 8.02. The van der Waals surface area contributed by atoms with Crippen LogP contribution in [-0.4, -0.2) is 6.26 Å². The van der Waals surface area contributed by atoms with E-state index in [1.165, 1.54) is 4.91 Å². The second-order valence-corrected chi connectivity index (χ2v) is 2.37. The number of allylic oxidation sites excluding steroid dienone is 4. The van der Waals surface area contributed by atoms with Gasteiger partial charge < -0.3 is 0 Å². The summed E-state index contributed by atoms with van der Waals surface area (Å²) < 4.78 is 0. The Morgan fingerprint density at radius 2 is 2.22 bits per heavy atom. The molecule has 0 aliphatic heterocycles. The summed E-state index contributed by atoms with van der Waals surface area (Å²) in [5, 5.41) is 0. The Bertz CT molecular complexity index is 132. The van der Waals surface area contributed by atoms with E-state index in [9.17, 15) is 0 Å². The molecule has 0 bridgehead atoms. The van der Waals surface area contributed by atoms with Crippen molar-refractivity contribution in [2.24, 2.45) is 0 Å². The molecule has 0 saturated carbocycles. The first kappa shape index (κ1) is 8.57. The van der Waals surface area contributed by atoms with Crippen molar-refractivity contribution >= 4 is 11.8 Å². The van der Waals surface area contributed by atoms with Gasteiger partial charge in [-0.25, -0.2) is 0 Å². The first-order valence-electron chi connectivity index (χ1n) is 2.84. The third-order valence-corrected chi connectivity index (χ3v) is 1.76. The predicted octanol–water partition coefficient (Wildman–Crippen LogP) is 3.00. The zero-order chi connectivity index (χ0) is 7.11. The maximum Gasteiger partial charge on any atom is 0.00264 e. The fourth-order valence-electron chi connectivity index (χ4n) is 0.445. The summed E-state index contributed by atoms with van der Waals surface area (Å²) in [5.74, 6) is 0. The van der Waals surface area contributed by atoms with Gasteiger partial charge in [-0.05, 0) is 19.3 Å². The molecule has 0 saturated heterocycles. The average molecular weight is 140 g/mol. The normalized spacial score (nSPS) is 12.4. The Hall–Kier alpha value is -0.430. The molecular formula is C8H12S. The van der Waals surface area contributed by atoms with E-state index >= 15 is 0 Å². The summed E-state index contributed by atoms with van der Waals surface area (Å²) in [7, 11) is 0. The van der Waals surface area contributed by atoms with Gasteiger partial charge in [-0.3, -0.25) is 0 Å². The third kappa shape index (κ3) is 4.10. The first-order chi connectivity index (χ1) is 4.35. The highest BCUT2D eigenvalue weighted by atomic mass is 32.2. The van der Waals surface area contributed by atoms with Crippen LogP contribution in [0.5, 0.6) is 0 Å². The van der Waals surface area contributed by atoms with E-state index in [1.54, 1.807) is 17.8 Å². The van der Waals surface area contributed by atoms with Crippen molar-refractivity contribution in [3.8, 4) is 0 Å². The van der Waals surface area contributed by atoms with E-state index in [-0.39, 0.29) is 0 Å². The van der Waals surface area contributed by atoms with Crippen LogP contribution in [0.3, 0.4) is 0 Å². The molecule has 0 rings (SSSR count). The van der Waals surface area contributed by atoms with Crippen LogP contribution in [-0.2, 0) is 0 Å². The lowest BCUT2D eigenvalue weighted by molar-refractivity contribution is 1.70. The summed E-state index contributed by atoms with van der Waals surface area (Å²) in [4.78, 5) is 1.27. The minimum atomic E-state index is 1.27. The lowest BCUT2D eigenvalue weighted by Crippen LogP contribution is -1.63. The van der Waals surface area contributed by atoms with Crippen molar-refractivity contribution < 1.29 is 0 Å². The molecule has 0 radical (unpaired) electrons. The average Bonchev–Trinajstić information content (AvgIpc) is 1.91. The van der Waals surface area contributed by atoms with E-state index < -0.39 is 0 Å². The van der Waals surface area contributed by atoms with E-state index in [4.69, 9.17) is 0 Å². The van der Waals surface area contributed by atoms with E-state index in [1.807, 2.05) is 19.1 Å². The van der Waals surface area contributed by atoms with Crippen molar-refractivity contribution in [2.75, 3.05) is 6.26 Å². The van der Waals surface area contributed by atoms with Crippen LogP contribution in [0.15, 0.2) is 35.8 Å². The number of rotatable bonds is 3. The van der Waals surface area contributed by atoms with Crippen LogP contribution in [0.1, 0.15) is 6.92 Å². The quantitative estimate of drug-likeness (QED) is 0.543. The molecule has 9 heavy (non-hydrogen) atoms. The Morgan fingerprint density at radius 3 is 2.56 bits per heavy atom. The lowest BCUT2D eigenvalue weighted by Gasteiger charge is -1.90. The maximum absolute atomic E-state index is 3.58. The summed E-state index contributed by atoms with van der Waals surface area (Å²) in [6.07, 6.45) is 9.89. The smallest absolute Gasteiger partial charge is 0.00264 e. The monoisotopic (exact) mass is 140 g/mol. The molecule has 1 heteroatoms. The molecular weight excluding hydrogens is 128 g/mol. The van der Waals surface area contributed by atoms with Crippen LogP contribution in [0.25, 0.3) is 0 Å². The molecule has 0 atom stereocenters. The summed E-state index contributed by atoms with van der Waals surface area (Å²) >= 11 is 1.74. The zero-order valence-corrected chi connectivity index (χ0v) is 6.74. The maximum atomic E-state index is 3.58. The predicted molar refractivity (Wildman–Crippen MR) is 46.6 cm³/mol. The molecule has 0 unspecified atom stereocenters. The minimum Gasteiger partial charge on any atom is -0.130 e. The third-order valence-electron chi connectivity index (χ3n) is 0.917. The van der Waals surface area contributed by atoms with Gasteiger partial charge in [-0.15, -0.1) is 11.8 Å². The molecule has 0 aliphatic rings. The van der Waals surface area contributed by atoms with Crippen LogP contribution in [0, 0.1) is 0 Å². The SMILES string of the molecule is C=C/C=C\C(=C\C)SC. The molecule has 0 fully saturated rings. The molecule has 0 amide bonds. The molecule has 0 aromatic heterocycles. The Labute approximate surface area is 61.3 Å². The molecule has 0 aromatic rings. The summed E-state index contributed by atoms with van der Waals surface area (Å²) in [5.41, 5.74) is 0. The van der Waals surface area contributed by atoms with Crippen LogP contribution >= 0.6 is 11.8 Å². The Morgan fingerprint density at radius 1 is 1.56 bits per heavy atom. The standard InChI is InChI=1S/C8H12S/c1-4-6-7-8(5-2)9-3/h4-7H,1H2,2-3H3/b7-6-,8-5-. The first-order valence-corrected chi connectivity index (χ1v) is 4.07. The van der Waals surface area contributed by atoms with Gasteiger partial charge in [0.15, 0.2) is 0 Å². The number of thioether (sulfide) groups is 1. The second kappa shape index (κ2) is 5.70. The van der Waals surface area contributed by atoms with Crippen LogP contribution < -0.4 is 0 Å². The second-order valence-electron chi connectivity index (χ2n) is 1.49. The molecule has 0 nitrogen and oxygen atoms in total. The van der Waals surface area contributed by atoms with E-state index in [0.717, 1.165) is 0 Å². The van der Waals surface area contributed by atoms with Crippen LogP contribution in [0.4, 0.5) is 0 Å². The van der Waals surface area contributed by atoms with Crippen LogP contribution in [0.2, 0.25) is 0 Å². The van der Waals surface area contributed by atoms with E-state index in [0.29, 0.717) is 0 Å². The molecule has 0 heterocycles. The van der Waals surface area contributed by atoms with Crippen molar-refractivity contribution in [1.29, 1.82) is 0 Å². The molecule has 50 valence electrons. The van der Waals surface area contributed by atoms with Gasteiger partial charge in [0.1, 0.15) is 0 Å². The fraction of sp³-hybridized carbons (Fsp3) is 0.250. The highest BCUT2D eigenvalue weighted by Gasteiger charge is 1.80. The minimum absolute atomic E-state index is 1.27. The molecule has 0 spiro atoms. The van der Waals surface area contributed by atoms with Crippen molar-refractivity contribution in [1.82, 2.24) is 0 Å². The van der Waals surface area contributed by atoms with Crippen molar-refractivity contribution in [3.63, 3.8) is 0 Å². The summed E-state index contributed by atoms with van der Waals surface area (Å²) in [6.45, 7) is 5.60. The van der Waals surface area contributed by atoms with Gasteiger partial charge in [0.05, 0.1) is 0 Å². The molecule has 0 aromatic carbocycles. The van der Waals surface area contributed by atoms with Gasteiger partial charge in [0.2, 0.25) is 0 Å². The van der Waals surface area contributed by atoms with E-state index in [2.05, 4.69) is 18.9 Å². The lowest BCUT2D eigenvalue weighted by atomic mass is 10.4. The fourth-order valence-corrected chi connectivity index (χ4v) is 0.895. The van der Waals surface area contributed by atoms with Gasteiger partial charge in [-0.1, -0.05) is 24.8 Å². The van der Waals surface area contributed by atoms with Crippen molar-refractivity contribution in [3.05, 3.63) is 35.8 Å². The highest BCUT2D eigenvalue weighted by Crippen LogP contribution is 2.11. The largest absolute Gasteiger partial charge is 0.130 e. The molecule has 0 aliphatic carbocycles. The van der Waals surface area contributed by atoms with Gasteiger partial charge in [0, 0.05) is 4.91 Å². The number of hydrogen-bond donors (Lipinski definition) is 0. The summed E-state index contributed by atoms with van der Waals surface area (Å²) in [6, 6.07) is 0. The van der Waals surface area contributed by atoms with Gasteiger partial charge >= 0.3 is 0 Å². The van der Waals surface area contributed by atoms with Gasteiger partial charge in [0.25, 0.3) is 0 Å². The zero-order valence-electron chi connectivity index (χ0n) is 5.92. The topological polar surface area (TPSA) is 0 Å². The molecule has 0 N–H and O–H groups in total. The van der Waals surface area contributed by atoms with Crippen molar-refractivity contribution in [2.45, 2.75) is 6.92 Å². The Kier molecular flexibility index (Phi) is 5.43. The van der Waals surface area contributed by atoms with Gasteiger partial charge in [-0.2, -0.15) is 0 Å². The number of hydrogen-bond acceptors (Lipinski definition) is 1.